The normalized spacial score (nSPS) is 22.8. The van der Waals surface area contributed by atoms with Gasteiger partial charge in [-0.15, -0.1) is 0 Å². The fourth-order valence-electron chi connectivity index (χ4n) is 3.57. The maximum atomic E-state index is 13.0. The summed E-state index contributed by atoms with van der Waals surface area (Å²) in [5, 5.41) is 22.6. The molecule has 10 heteroatoms. The maximum absolute atomic E-state index is 13.0. The van der Waals surface area contributed by atoms with Crippen LogP contribution in [0.1, 0.15) is 18.4 Å². The summed E-state index contributed by atoms with van der Waals surface area (Å²) >= 11 is 0. The zero-order valence-electron chi connectivity index (χ0n) is 12.9. The van der Waals surface area contributed by atoms with Crippen molar-refractivity contribution >= 4 is 17.1 Å². The Morgan fingerprint density at radius 1 is 0.960 bits per heavy atom. The number of anilines is 1. The first-order valence-corrected chi connectivity index (χ1v) is 7.62. The molecule has 1 aromatic rings. The zero-order valence-corrected chi connectivity index (χ0v) is 12.9. The molecule has 2 aliphatic rings. The number of allylic oxidation sites excluding steroid dienone is 2. The highest BCUT2D eigenvalue weighted by molar-refractivity contribution is 5.76. The van der Waals surface area contributed by atoms with Crippen LogP contribution in [0.3, 0.4) is 0 Å². The van der Waals surface area contributed by atoms with E-state index in [1.165, 1.54) is 4.90 Å². The SMILES string of the molecule is O=[N+]([O-])c1cc(C(F)(F)F)cc([N+](=O)[O-])c1N1CC2CC=CCC2C1. The molecular formula is C15H14F3N3O4. The monoisotopic (exact) mass is 357 g/mol. The first-order valence-electron chi connectivity index (χ1n) is 7.62. The van der Waals surface area contributed by atoms with E-state index in [9.17, 15) is 33.4 Å². The van der Waals surface area contributed by atoms with Crippen LogP contribution in [0.25, 0.3) is 0 Å². The van der Waals surface area contributed by atoms with Crippen LogP contribution in [0.2, 0.25) is 0 Å². The minimum absolute atomic E-state index is 0.187. The van der Waals surface area contributed by atoms with E-state index < -0.39 is 33.0 Å². The third-order valence-electron chi connectivity index (χ3n) is 4.73. The number of benzene rings is 1. The fraction of sp³-hybridized carbons (Fsp3) is 0.467. The molecule has 0 spiro atoms. The Morgan fingerprint density at radius 2 is 1.40 bits per heavy atom. The summed E-state index contributed by atoms with van der Waals surface area (Å²) in [7, 11) is 0. The first kappa shape index (κ1) is 17.2. The molecule has 3 rings (SSSR count). The Bertz CT molecular complexity index is 712. The van der Waals surface area contributed by atoms with Crippen LogP contribution in [0.15, 0.2) is 24.3 Å². The van der Waals surface area contributed by atoms with Gasteiger partial charge in [0.15, 0.2) is 5.69 Å². The van der Waals surface area contributed by atoms with Gasteiger partial charge in [-0.2, -0.15) is 13.2 Å². The van der Waals surface area contributed by atoms with Crippen molar-refractivity contribution < 1.29 is 23.0 Å². The zero-order chi connectivity index (χ0) is 18.4. The lowest BCUT2D eigenvalue weighted by molar-refractivity contribution is -0.393. The summed E-state index contributed by atoms with van der Waals surface area (Å²) in [5.74, 6) is 0.373. The number of nitro benzene ring substituents is 2. The highest BCUT2D eigenvalue weighted by atomic mass is 19.4. The average Bonchev–Trinajstić information content (AvgIpc) is 2.96. The molecular weight excluding hydrogens is 343 g/mol. The number of nitro groups is 2. The second-order valence-electron chi connectivity index (χ2n) is 6.24. The molecule has 1 aromatic carbocycles. The number of hydrogen-bond acceptors (Lipinski definition) is 5. The topological polar surface area (TPSA) is 89.5 Å². The van der Waals surface area contributed by atoms with E-state index in [2.05, 4.69) is 0 Å². The maximum Gasteiger partial charge on any atom is 0.416 e. The molecule has 1 heterocycles. The lowest BCUT2D eigenvalue weighted by Gasteiger charge is -2.19. The lowest BCUT2D eigenvalue weighted by Crippen LogP contribution is -2.23. The molecule has 0 saturated carbocycles. The van der Waals surface area contributed by atoms with Gasteiger partial charge in [-0.1, -0.05) is 12.2 Å². The summed E-state index contributed by atoms with van der Waals surface area (Å²) in [6, 6.07) is 0.755. The van der Waals surface area contributed by atoms with Crippen molar-refractivity contribution in [3.05, 3.63) is 50.1 Å². The minimum Gasteiger partial charge on any atom is -0.360 e. The van der Waals surface area contributed by atoms with Crippen molar-refractivity contribution in [3.63, 3.8) is 0 Å². The Morgan fingerprint density at radius 3 is 1.76 bits per heavy atom. The molecule has 0 amide bonds. The van der Waals surface area contributed by atoms with Gasteiger partial charge in [0, 0.05) is 25.2 Å². The summed E-state index contributed by atoms with van der Waals surface area (Å²) in [4.78, 5) is 22.2. The average molecular weight is 357 g/mol. The first-order chi connectivity index (χ1) is 11.7. The van der Waals surface area contributed by atoms with E-state index in [4.69, 9.17) is 0 Å². The molecule has 0 bridgehead atoms. The molecule has 0 radical (unpaired) electrons. The van der Waals surface area contributed by atoms with E-state index in [0.29, 0.717) is 25.2 Å². The van der Waals surface area contributed by atoms with Crippen LogP contribution in [0.5, 0.6) is 0 Å². The van der Waals surface area contributed by atoms with Crippen molar-refractivity contribution in [3.8, 4) is 0 Å². The quantitative estimate of drug-likeness (QED) is 0.465. The van der Waals surface area contributed by atoms with Gasteiger partial charge in [-0.3, -0.25) is 20.2 Å². The van der Waals surface area contributed by atoms with Gasteiger partial charge in [0.2, 0.25) is 0 Å². The summed E-state index contributed by atoms with van der Waals surface area (Å²) < 4.78 is 38.9. The van der Waals surface area contributed by atoms with Crippen LogP contribution in [-0.2, 0) is 6.18 Å². The highest BCUT2D eigenvalue weighted by Crippen LogP contribution is 2.46. The highest BCUT2D eigenvalue weighted by Gasteiger charge is 2.42. The largest absolute Gasteiger partial charge is 0.416 e. The van der Waals surface area contributed by atoms with Crippen molar-refractivity contribution in [1.82, 2.24) is 0 Å². The molecule has 2 unspecified atom stereocenters. The summed E-state index contributed by atoms with van der Waals surface area (Å²) in [5.41, 5.74) is -3.49. The number of nitrogens with zero attached hydrogens (tertiary/aromatic N) is 3. The van der Waals surface area contributed by atoms with Crippen LogP contribution in [-0.4, -0.2) is 22.9 Å². The molecule has 0 aromatic heterocycles. The number of hydrogen-bond donors (Lipinski definition) is 0. The van der Waals surface area contributed by atoms with Gasteiger partial charge in [0.1, 0.15) is 0 Å². The van der Waals surface area contributed by atoms with Gasteiger partial charge in [-0.05, 0) is 24.7 Å². The van der Waals surface area contributed by atoms with Crippen molar-refractivity contribution in [2.75, 3.05) is 18.0 Å². The van der Waals surface area contributed by atoms with E-state index in [1.54, 1.807) is 0 Å². The molecule has 0 N–H and O–H groups in total. The second-order valence-corrected chi connectivity index (χ2v) is 6.24. The Balaban J connectivity index is 2.11. The molecule has 2 atom stereocenters. The van der Waals surface area contributed by atoms with Crippen molar-refractivity contribution in [2.45, 2.75) is 19.0 Å². The van der Waals surface area contributed by atoms with Crippen LogP contribution in [0.4, 0.5) is 30.2 Å². The fourth-order valence-corrected chi connectivity index (χ4v) is 3.57. The molecule has 1 fully saturated rings. The van der Waals surface area contributed by atoms with E-state index in [0.717, 1.165) is 12.8 Å². The molecule has 1 saturated heterocycles. The summed E-state index contributed by atoms with van der Waals surface area (Å²) in [6.07, 6.45) is 0.574. The molecule has 1 aliphatic heterocycles. The Labute approximate surface area is 140 Å². The van der Waals surface area contributed by atoms with Gasteiger partial charge in [0.25, 0.3) is 11.4 Å². The van der Waals surface area contributed by atoms with Gasteiger partial charge < -0.3 is 4.90 Å². The minimum atomic E-state index is -4.91. The van der Waals surface area contributed by atoms with E-state index in [-0.39, 0.29) is 17.5 Å². The summed E-state index contributed by atoms with van der Waals surface area (Å²) in [6.45, 7) is 0.699. The van der Waals surface area contributed by atoms with Gasteiger partial charge >= 0.3 is 6.18 Å². The van der Waals surface area contributed by atoms with Crippen molar-refractivity contribution in [2.24, 2.45) is 11.8 Å². The number of fused-ring (bicyclic) bond motifs is 1. The Kier molecular flexibility index (Phi) is 4.13. The molecule has 7 nitrogen and oxygen atoms in total. The van der Waals surface area contributed by atoms with Gasteiger partial charge in [-0.25, -0.2) is 0 Å². The van der Waals surface area contributed by atoms with Crippen LogP contribution in [0, 0.1) is 32.1 Å². The van der Waals surface area contributed by atoms with Gasteiger partial charge in [0.05, 0.1) is 15.4 Å². The smallest absolute Gasteiger partial charge is 0.360 e. The predicted molar refractivity (Wildman–Crippen MR) is 82.3 cm³/mol. The Hall–Kier alpha value is -2.65. The number of rotatable bonds is 3. The van der Waals surface area contributed by atoms with Crippen molar-refractivity contribution in [1.29, 1.82) is 0 Å². The molecule has 25 heavy (non-hydrogen) atoms. The molecule has 134 valence electrons. The number of alkyl halides is 3. The third-order valence-corrected chi connectivity index (χ3v) is 4.73. The van der Waals surface area contributed by atoms with E-state index in [1.807, 2.05) is 12.2 Å². The standard InChI is InChI=1S/C15H14F3N3O4/c16-15(17,18)11-5-12(20(22)23)14(13(6-11)21(24)25)19-7-9-3-1-2-4-10(9)8-19/h1-2,5-6,9-10H,3-4,7-8H2. The number of halogens is 3. The van der Waals surface area contributed by atoms with E-state index >= 15 is 0 Å². The predicted octanol–water partition coefficient (Wildman–Crippen LogP) is 3.92. The van der Waals surface area contributed by atoms with Crippen LogP contribution >= 0.6 is 0 Å². The lowest BCUT2D eigenvalue weighted by atomic mass is 9.86. The third kappa shape index (κ3) is 3.15. The van der Waals surface area contributed by atoms with Crippen LogP contribution < -0.4 is 4.90 Å². The second kappa shape index (κ2) is 6.01. The molecule has 1 aliphatic carbocycles.